The van der Waals surface area contributed by atoms with Crippen molar-refractivity contribution in [3.05, 3.63) is 35.2 Å². The van der Waals surface area contributed by atoms with E-state index in [-0.39, 0.29) is 29.1 Å². The fourth-order valence-electron chi connectivity index (χ4n) is 4.44. The van der Waals surface area contributed by atoms with Crippen molar-refractivity contribution in [1.29, 1.82) is 0 Å². The van der Waals surface area contributed by atoms with E-state index >= 15 is 0 Å². The minimum atomic E-state index is -0.504. The Balaban J connectivity index is 1.88. The zero-order valence-corrected chi connectivity index (χ0v) is 15.7. The molecule has 1 aromatic carbocycles. The molecule has 0 bridgehead atoms. The molecule has 5 heteroatoms. The zero-order chi connectivity index (χ0) is 18.9. The van der Waals surface area contributed by atoms with Crippen LogP contribution < -0.4 is 4.74 Å². The molecular weight excluding hydrogens is 335 g/mol. The number of rotatable bonds is 6. The number of fused-ring (bicyclic) bond motifs is 1. The molecule has 0 spiro atoms. The highest BCUT2D eigenvalue weighted by Gasteiger charge is 2.49. The van der Waals surface area contributed by atoms with Gasteiger partial charge < -0.3 is 14.6 Å². The summed E-state index contributed by atoms with van der Waals surface area (Å²) in [6, 6.07) is 2.64. The summed E-state index contributed by atoms with van der Waals surface area (Å²) in [4.78, 5) is 12.4. The van der Waals surface area contributed by atoms with Crippen molar-refractivity contribution in [2.45, 2.75) is 51.6 Å². The summed E-state index contributed by atoms with van der Waals surface area (Å²) < 4.78 is 25.6. The number of aromatic hydroxyl groups is 1. The summed E-state index contributed by atoms with van der Waals surface area (Å²) in [6.07, 6.45) is 5.41. The largest absolute Gasteiger partial charge is 0.504 e. The molecule has 1 N–H and O–H groups in total. The maximum Gasteiger partial charge on any atom is 0.163 e. The van der Waals surface area contributed by atoms with Gasteiger partial charge in [0.05, 0.1) is 19.3 Å². The molecule has 1 unspecified atom stereocenters. The number of phenolic OH excluding ortho intramolecular Hbond substituents is 1. The molecule has 0 radical (unpaired) electrons. The fourth-order valence-corrected chi connectivity index (χ4v) is 4.44. The number of ether oxygens (including phenoxy) is 2. The highest BCUT2D eigenvalue weighted by molar-refractivity contribution is 5.94. The van der Waals surface area contributed by atoms with E-state index in [1.807, 2.05) is 6.92 Å². The van der Waals surface area contributed by atoms with Crippen LogP contribution in [0.4, 0.5) is 4.39 Å². The molecule has 1 saturated heterocycles. The van der Waals surface area contributed by atoms with Crippen molar-refractivity contribution < 1.29 is 23.8 Å². The Bertz CT molecular complexity index is 727. The second-order valence-electron chi connectivity index (χ2n) is 7.47. The van der Waals surface area contributed by atoms with Crippen LogP contribution >= 0.6 is 0 Å². The van der Waals surface area contributed by atoms with E-state index in [1.54, 1.807) is 6.08 Å². The van der Waals surface area contributed by atoms with Gasteiger partial charge in [0.2, 0.25) is 0 Å². The van der Waals surface area contributed by atoms with Crippen LogP contribution in [0.2, 0.25) is 0 Å². The number of halogens is 1. The molecule has 2 aliphatic rings. The van der Waals surface area contributed by atoms with Gasteiger partial charge in [0.25, 0.3) is 0 Å². The topological polar surface area (TPSA) is 55.8 Å². The lowest BCUT2D eigenvalue weighted by Crippen LogP contribution is -2.44. The minimum absolute atomic E-state index is 0.00833. The molecule has 1 aromatic rings. The normalized spacial score (nSPS) is 26.4. The number of hydrogen-bond donors (Lipinski definition) is 1. The van der Waals surface area contributed by atoms with Crippen molar-refractivity contribution >= 4 is 5.78 Å². The van der Waals surface area contributed by atoms with Gasteiger partial charge >= 0.3 is 0 Å². The molecule has 1 heterocycles. The van der Waals surface area contributed by atoms with Gasteiger partial charge in [0.15, 0.2) is 17.3 Å². The summed E-state index contributed by atoms with van der Waals surface area (Å²) in [5, 5.41) is 9.99. The third-order valence-electron chi connectivity index (χ3n) is 5.85. The quantitative estimate of drug-likeness (QED) is 0.824. The maximum absolute atomic E-state index is 14.4. The van der Waals surface area contributed by atoms with Gasteiger partial charge in [-0.15, -0.1) is 0 Å². The van der Waals surface area contributed by atoms with Crippen LogP contribution in [0.1, 0.15) is 45.1 Å². The third kappa shape index (κ3) is 3.25. The minimum Gasteiger partial charge on any atom is -0.504 e. The Morgan fingerprint density at radius 3 is 2.92 bits per heavy atom. The first kappa shape index (κ1) is 18.9. The van der Waals surface area contributed by atoms with Crippen LogP contribution in [0.15, 0.2) is 23.8 Å². The molecular formula is C21H27FO4. The van der Waals surface area contributed by atoms with Gasteiger partial charge in [0, 0.05) is 12.0 Å². The lowest BCUT2D eigenvalue weighted by molar-refractivity contribution is -0.123. The second-order valence-corrected chi connectivity index (χ2v) is 7.47. The highest BCUT2D eigenvalue weighted by atomic mass is 19.1. The number of allylic oxidation sites excluding steroid dienone is 1. The predicted octanol–water partition coefficient (Wildman–Crippen LogP) is 4.19. The smallest absolute Gasteiger partial charge is 0.163 e. The van der Waals surface area contributed by atoms with Crippen molar-refractivity contribution in [2.75, 3.05) is 13.7 Å². The number of phenols is 1. The average molecular weight is 362 g/mol. The number of hydrogen-bond acceptors (Lipinski definition) is 4. The molecule has 4 nitrogen and oxygen atoms in total. The molecule has 3 rings (SSSR count). The van der Waals surface area contributed by atoms with Gasteiger partial charge in [-0.1, -0.05) is 20.3 Å². The van der Waals surface area contributed by atoms with Crippen LogP contribution in [0.5, 0.6) is 11.5 Å². The Labute approximate surface area is 154 Å². The number of ketones is 1. The molecule has 142 valence electrons. The number of carbonyl (C=O) groups excluding carboxylic acids is 1. The van der Waals surface area contributed by atoms with Crippen LogP contribution in [-0.2, 0) is 16.0 Å². The van der Waals surface area contributed by atoms with Crippen molar-refractivity contribution in [1.82, 2.24) is 0 Å². The molecule has 0 amide bonds. The first-order chi connectivity index (χ1) is 12.4. The van der Waals surface area contributed by atoms with Gasteiger partial charge in [-0.25, -0.2) is 4.39 Å². The molecule has 26 heavy (non-hydrogen) atoms. The summed E-state index contributed by atoms with van der Waals surface area (Å²) in [5.41, 5.74) is 0.972. The maximum atomic E-state index is 14.4. The Kier molecular flexibility index (Phi) is 5.37. The first-order valence-electron chi connectivity index (χ1n) is 9.35. The number of carbonyl (C=O) groups is 1. The van der Waals surface area contributed by atoms with E-state index in [2.05, 4.69) is 6.92 Å². The number of methoxy groups -OCH3 is 1. The SMILES string of the molecule is CCC[C@H]1C[C@]2(C(C)Cc3cc(O)c(OC)cc3F)OCCC2=CC1=O. The molecule has 1 aliphatic carbocycles. The van der Waals surface area contributed by atoms with Crippen molar-refractivity contribution in [2.24, 2.45) is 11.8 Å². The standard InChI is InChI=1S/C21H27FO4/c1-4-5-14-12-21(16(6-7-26-21)10-18(14)23)13(2)8-15-9-19(24)20(25-3)11-17(15)22/h9-11,13-14,24H,4-8,12H2,1-3H3/t13?,14-,21+/m0/s1. The summed E-state index contributed by atoms with van der Waals surface area (Å²) in [7, 11) is 1.39. The highest BCUT2D eigenvalue weighted by Crippen LogP contribution is 2.48. The van der Waals surface area contributed by atoms with E-state index in [4.69, 9.17) is 9.47 Å². The van der Waals surface area contributed by atoms with E-state index < -0.39 is 11.4 Å². The lowest BCUT2D eigenvalue weighted by Gasteiger charge is -2.41. The van der Waals surface area contributed by atoms with Crippen LogP contribution in [-0.4, -0.2) is 30.2 Å². The molecule has 1 aliphatic heterocycles. The van der Waals surface area contributed by atoms with Crippen LogP contribution in [0.3, 0.4) is 0 Å². The zero-order valence-electron chi connectivity index (χ0n) is 15.7. The van der Waals surface area contributed by atoms with Gasteiger partial charge in [0.1, 0.15) is 5.82 Å². The molecule has 3 atom stereocenters. The van der Waals surface area contributed by atoms with Crippen LogP contribution in [0.25, 0.3) is 0 Å². The molecule has 1 fully saturated rings. The van der Waals surface area contributed by atoms with Gasteiger partial charge in [-0.2, -0.15) is 0 Å². The second kappa shape index (κ2) is 7.39. The predicted molar refractivity (Wildman–Crippen MR) is 96.9 cm³/mol. The van der Waals surface area contributed by atoms with Crippen molar-refractivity contribution in [3.63, 3.8) is 0 Å². The summed E-state index contributed by atoms with van der Waals surface area (Å²) in [6.45, 7) is 4.71. The number of benzene rings is 1. The average Bonchev–Trinajstić information content (AvgIpc) is 3.02. The lowest BCUT2D eigenvalue weighted by atomic mass is 9.68. The Morgan fingerprint density at radius 1 is 1.46 bits per heavy atom. The van der Waals surface area contributed by atoms with E-state index in [9.17, 15) is 14.3 Å². The van der Waals surface area contributed by atoms with Crippen LogP contribution in [0, 0.1) is 17.7 Å². The van der Waals surface area contributed by atoms with Crippen molar-refractivity contribution in [3.8, 4) is 11.5 Å². The third-order valence-corrected chi connectivity index (χ3v) is 5.85. The summed E-state index contributed by atoms with van der Waals surface area (Å²) >= 11 is 0. The van der Waals surface area contributed by atoms with E-state index in [0.29, 0.717) is 25.0 Å². The Hall–Kier alpha value is -1.88. The summed E-state index contributed by atoms with van der Waals surface area (Å²) in [5.74, 6) is -0.184. The van der Waals surface area contributed by atoms with Gasteiger partial charge in [-0.3, -0.25) is 4.79 Å². The van der Waals surface area contributed by atoms with Gasteiger partial charge in [-0.05, 0) is 54.9 Å². The monoisotopic (exact) mass is 362 g/mol. The molecule has 0 aromatic heterocycles. The first-order valence-corrected chi connectivity index (χ1v) is 9.35. The van der Waals surface area contributed by atoms with E-state index in [0.717, 1.165) is 24.8 Å². The Morgan fingerprint density at radius 2 is 2.23 bits per heavy atom. The molecule has 0 saturated carbocycles. The fraction of sp³-hybridized carbons (Fsp3) is 0.571. The van der Waals surface area contributed by atoms with E-state index in [1.165, 1.54) is 19.2 Å².